The molecule has 0 saturated carbocycles. The number of halogens is 1. The largest absolute Gasteiger partial charge is 0.506 e. The second-order valence-corrected chi connectivity index (χ2v) is 5.35. The molecule has 4 nitrogen and oxygen atoms in total. The van der Waals surface area contributed by atoms with Crippen LogP contribution in [0.15, 0.2) is 59.4 Å². The summed E-state index contributed by atoms with van der Waals surface area (Å²) in [6.45, 7) is 0. The molecule has 2 aromatic carbocycles. The first-order valence-electron chi connectivity index (χ1n) is 6.82. The number of hydrogen-bond acceptors (Lipinski definition) is 3. The summed E-state index contributed by atoms with van der Waals surface area (Å²) in [6, 6.07) is 17.6. The van der Waals surface area contributed by atoms with E-state index < -0.39 is 5.56 Å². The maximum absolute atomic E-state index is 12.2. The van der Waals surface area contributed by atoms with Gasteiger partial charge < -0.3 is 10.1 Å². The molecule has 23 heavy (non-hydrogen) atoms. The predicted molar refractivity (Wildman–Crippen MR) is 89.3 cm³/mol. The van der Waals surface area contributed by atoms with E-state index in [1.54, 1.807) is 18.2 Å². The zero-order valence-electron chi connectivity index (χ0n) is 11.9. The van der Waals surface area contributed by atoms with Gasteiger partial charge in [-0.15, -0.1) is 0 Å². The first-order chi connectivity index (χ1) is 11.1. The molecule has 2 N–H and O–H groups in total. The molecule has 1 aromatic heterocycles. The van der Waals surface area contributed by atoms with Crippen molar-refractivity contribution in [1.29, 1.82) is 5.26 Å². The highest BCUT2D eigenvalue weighted by Gasteiger charge is 2.13. The number of hydrogen-bond donors (Lipinski definition) is 2. The fraction of sp³-hybridized carbons (Fsp3) is 0. The Hall–Kier alpha value is -3.03. The minimum atomic E-state index is -0.465. The number of aromatic nitrogens is 1. The van der Waals surface area contributed by atoms with Crippen LogP contribution in [0.1, 0.15) is 5.56 Å². The van der Waals surface area contributed by atoms with Gasteiger partial charge in [-0.1, -0.05) is 41.9 Å². The van der Waals surface area contributed by atoms with E-state index in [0.29, 0.717) is 16.8 Å². The molecule has 0 aliphatic carbocycles. The number of rotatable bonds is 2. The summed E-state index contributed by atoms with van der Waals surface area (Å²) >= 11 is 5.92. The van der Waals surface area contributed by atoms with Crippen molar-refractivity contribution in [3.05, 3.63) is 75.5 Å². The molecule has 112 valence electrons. The minimum Gasteiger partial charge on any atom is -0.506 e. The van der Waals surface area contributed by atoms with E-state index >= 15 is 0 Å². The number of nitrogens with one attached hydrogen (secondary N) is 1. The van der Waals surface area contributed by atoms with Crippen molar-refractivity contribution in [2.24, 2.45) is 0 Å². The van der Waals surface area contributed by atoms with Gasteiger partial charge in [0.1, 0.15) is 17.4 Å². The lowest BCUT2D eigenvalue weighted by Gasteiger charge is -2.09. The number of aromatic amines is 1. The molecular formula is C18H11ClN2O2. The molecule has 0 spiro atoms. The van der Waals surface area contributed by atoms with Crippen molar-refractivity contribution < 1.29 is 5.11 Å². The van der Waals surface area contributed by atoms with Gasteiger partial charge in [0.2, 0.25) is 0 Å². The van der Waals surface area contributed by atoms with Crippen molar-refractivity contribution in [2.75, 3.05) is 0 Å². The third-order valence-corrected chi connectivity index (χ3v) is 3.79. The van der Waals surface area contributed by atoms with Gasteiger partial charge in [0.15, 0.2) is 0 Å². The van der Waals surface area contributed by atoms with E-state index in [1.165, 1.54) is 6.07 Å². The number of pyridine rings is 1. The highest BCUT2D eigenvalue weighted by Crippen LogP contribution is 2.30. The van der Waals surface area contributed by atoms with Gasteiger partial charge in [0, 0.05) is 11.3 Å². The molecule has 0 atom stereocenters. The van der Waals surface area contributed by atoms with E-state index in [2.05, 4.69) is 4.98 Å². The van der Waals surface area contributed by atoms with Crippen LogP contribution in [0.3, 0.4) is 0 Å². The second kappa shape index (κ2) is 5.99. The summed E-state index contributed by atoms with van der Waals surface area (Å²) in [5.41, 5.74) is 2.09. The number of H-pyrrole nitrogens is 1. The Balaban J connectivity index is 2.25. The average Bonchev–Trinajstić information content (AvgIpc) is 2.57. The predicted octanol–water partition coefficient (Wildman–Crippen LogP) is 3.94. The van der Waals surface area contributed by atoms with E-state index in [1.807, 2.05) is 36.4 Å². The maximum atomic E-state index is 12.2. The van der Waals surface area contributed by atoms with Crippen LogP contribution in [0.2, 0.25) is 5.02 Å². The Kier molecular flexibility index (Phi) is 3.88. The summed E-state index contributed by atoms with van der Waals surface area (Å²) in [7, 11) is 0. The van der Waals surface area contributed by atoms with Crippen LogP contribution in [0.5, 0.6) is 5.75 Å². The van der Waals surface area contributed by atoms with Crippen molar-refractivity contribution in [3.63, 3.8) is 0 Å². The van der Waals surface area contributed by atoms with Crippen LogP contribution in [0.25, 0.3) is 22.4 Å². The lowest BCUT2D eigenvalue weighted by molar-refractivity contribution is 0.475. The smallest absolute Gasteiger partial charge is 0.266 e. The fourth-order valence-corrected chi connectivity index (χ4v) is 2.53. The summed E-state index contributed by atoms with van der Waals surface area (Å²) in [6.07, 6.45) is 0. The molecule has 0 fully saturated rings. The zero-order valence-corrected chi connectivity index (χ0v) is 12.6. The summed E-state index contributed by atoms with van der Waals surface area (Å²) in [5.74, 6) is -0.0327. The molecule has 3 aromatic rings. The lowest BCUT2D eigenvalue weighted by Crippen LogP contribution is -2.12. The van der Waals surface area contributed by atoms with Crippen molar-refractivity contribution in [2.45, 2.75) is 0 Å². The van der Waals surface area contributed by atoms with Gasteiger partial charge in [0.05, 0.1) is 5.02 Å². The second-order valence-electron chi connectivity index (χ2n) is 4.94. The molecule has 0 unspecified atom stereocenters. The summed E-state index contributed by atoms with van der Waals surface area (Å²) < 4.78 is 0. The molecule has 0 aliphatic rings. The first-order valence-corrected chi connectivity index (χ1v) is 7.19. The normalized spacial score (nSPS) is 10.3. The van der Waals surface area contributed by atoms with Crippen LogP contribution in [0.4, 0.5) is 0 Å². The number of phenolic OH excluding ortho intramolecular Hbond substituents is 1. The molecular weight excluding hydrogens is 312 g/mol. The number of benzene rings is 2. The molecule has 0 saturated heterocycles. The lowest BCUT2D eigenvalue weighted by atomic mass is 9.99. The van der Waals surface area contributed by atoms with Gasteiger partial charge in [-0.05, 0) is 35.4 Å². The van der Waals surface area contributed by atoms with Crippen LogP contribution in [0, 0.1) is 11.3 Å². The monoisotopic (exact) mass is 322 g/mol. The van der Waals surface area contributed by atoms with E-state index in [4.69, 9.17) is 11.6 Å². The Morgan fingerprint density at radius 3 is 2.43 bits per heavy atom. The first kappa shape index (κ1) is 14.9. The van der Waals surface area contributed by atoms with Gasteiger partial charge in [-0.2, -0.15) is 5.26 Å². The van der Waals surface area contributed by atoms with Crippen LogP contribution >= 0.6 is 11.6 Å². The van der Waals surface area contributed by atoms with E-state index in [-0.39, 0.29) is 16.3 Å². The van der Waals surface area contributed by atoms with Gasteiger partial charge >= 0.3 is 0 Å². The van der Waals surface area contributed by atoms with Crippen molar-refractivity contribution in [1.82, 2.24) is 4.98 Å². The SMILES string of the molecule is N#Cc1c(-c2ccccc2)cc(-c2ccc(O)c(Cl)c2)[nH]c1=O. The van der Waals surface area contributed by atoms with Gasteiger partial charge in [-0.25, -0.2) is 0 Å². The molecule has 5 heteroatoms. The Morgan fingerprint density at radius 2 is 1.78 bits per heavy atom. The Morgan fingerprint density at radius 1 is 1.04 bits per heavy atom. The molecule has 0 amide bonds. The number of nitriles is 1. The van der Waals surface area contributed by atoms with E-state index in [9.17, 15) is 15.2 Å². The number of nitrogens with zero attached hydrogens (tertiary/aromatic N) is 1. The average molecular weight is 323 g/mol. The fourth-order valence-electron chi connectivity index (χ4n) is 2.35. The summed E-state index contributed by atoms with van der Waals surface area (Å²) in [5, 5.41) is 19.0. The topological polar surface area (TPSA) is 76.9 Å². The quantitative estimate of drug-likeness (QED) is 0.750. The third kappa shape index (κ3) is 2.83. The number of aromatic hydroxyl groups is 1. The van der Waals surface area contributed by atoms with Crippen LogP contribution < -0.4 is 5.56 Å². The highest BCUT2D eigenvalue weighted by atomic mass is 35.5. The molecule has 3 rings (SSSR count). The zero-order chi connectivity index (χ0) is 16.4. The van der Waals surface area contributed by atoms with Crippen molar-refractivity contribution >= 4 is 11.6 Å². The number of phenols is 1. The Labute approximate surface area is 137 Å². The molecule has 0 aliphatic heterocycles. The highest BCUT2D eigenvalue weighted by molar-refractivity contribution is 6.32. The Bertz CT molecular complexity index is 973. The maximum Gasteiger partial charge on any atom is 0.266 e. The summed E-state index contributed by atoms with van der Waals surface area (Å²) in [4.78, 5) is 14.9. The molecule has 0 bridgehead atoms. The standard InChI is InChI=1S/C18H11ClN2O2/c19-15-8-12(6-7-17(15)22)16-9-13(11-4-2-1-3-5-11)14(10-20)18(23)21-16/h1-9,22H,(H,21,23). The third-order valence-electron chi connectivity index (χ3n) is 3.49. The van der Waals surface area contributed by atoms with Crippen molar-refractivity contribution in [3.8, 4) is 34.2 Å². The van der Waals surface area contributed by atoms with Gasteiger partial charge in [0.25, 0.3) is 5.56 Å². The van der Waals surface area contributed by atoms with Crippen LogP contribution in [-0.2, 0) is 0 Å². The molecule has 1 heterocycles. The minimum absolute atomic E-state index is 0.0327. The molecule has 0 radical (unpaired) electrons. The van der Waals surface area contributed by atoms with E-state index in [0.717, 1.165) is 5.56 Å². The van der Waals surface area contributed by atoms with Crippen LogP contribution in [-0.4, -0.2) is 10.1 Å². The van der Waals surface area contributed by atoms with Gasteiger partial charge in [-0.3, -0.25) is 4.79 Å².